The van der Waals surface area contributed by atoms with Gasteiger partial charge in [-0.25, -0.2) is 4.98 Å². The van der Waals surface area contributed by atoms with Crippen LogP contribution in [0.2, 0.25) is 0 Å². The molecule has 0 fully saturated rings. The molecule has 0 aliphatic heterocycles. The van der Waals surface area contributed by atoms with Gasteiger partial charge in [0.25, 0.3) is 0 Å². The van der Waals surface area contributed by atoms with Gasteiger partial charge >= 0.3 is 0 Å². The second-order valence-electron chi connectivity index (χ2n) is 4.22. The van der Waals surface area contributed by atoms with E-state index in [1.54, 1.807) is 6.20 Å². The maximum absolute atomic E-state index is 8.73. The molecule has 0 bridgehead atoms. The van der Waals surface area contributed by atoms with Crippen LogP contribution < -0.4 is 4.74 Å². The Bertz CT molecular complexity index is 611. The zero-order chi connectivity index (χ0) is 13.1. The number of aromatic nitrogens is 1. The van der Waals surface area contributed by atoms with Crippen molar-refractivity contribution >= 4 is 11.3 Å². The van der Waals surface area contributed by atoms with Gasteiger partial charge in [0, 0.05) is 0 Å². The summed E-state index contributed by atoms with van der Waals surface area (Å²) in [6.45, 7) is 6.59. The molecule has 0 amide bonds. The van der Waals surface area contributed by atoms with Gasteiger partial charge in [-0.05, 0) is 43.5 Å². The first-order valence-electron chi connectivity index (χ1n) is 5.65. The van der Waals surface area contributed by atoms with Gasteiger partial charge in [-0.1, -0.05) is 6.07 Å². The highest BCUT2D eigenvalue weighted by molar-refractivity contribution is 7.12. The summed E-state index contributed by atoms with van der Waals surface area (Å²) in [6, 6.07) is 6.24. The first-order chi connectivity index (χ1) is 8.60. The third-order valence-corrected chi connectivity index (χ3v) is 3.65. The van der Waals surface area contributed by atoms with E-state index in [-0.39, 0.29) is 0 Å². The van der Waals surface area contributed by atoms with Crippen molar-refractivity contribution in [3.8, 4) is 11.8 Å². The third-order valence-electron chi connectivity index (χ3n) is 2.78. The van der Waals surface area contributed by atoms with Gasteiger partial charge in [0.1, 0.15) is 28.3 Å². The Morgan fingerprint density at radius 3 is 2.78 bits per heavy atom. The van der Waals surface area contributed by atoms with Crippen LogP contribution >= 0.6 is 11.3 Å². The average Bonchev–Trinajstić information content (AvgIpc) is 2.80. The largest absolute Gasteiger partial charge is 0.486 e. The molecule has 0 spiro atoms. The lowest BCUT2D eigenvalue weighted by Gasteiger charge is -2.11. The van der Waals surface area contributed by atoms with E-state index in [4.69, 9.17) is 10.00 Å². The number of nitrogens with zero attached hydrogens (tertiary/aromatic N) is 2. The molecule has 2 rings (SSSR count). The zero-order valence-corrected chi connectivity index (χ0v) is 11.5. The number of hydrogen-bond donors (Lipinski definition) is 0. The SMILES string of the molecule is Cc1cc(C)c(C)c(OCc2ncc(C#N)s2)c1. The molecule has 0 aliphatic carbocycles. The smallest absolute Gasteiger partial charge is 0.140 e. The molecule has 1 aromatic heterocycles. The predicted molar refractivity (Wildman–Crippen MR) is 71.8 cm³/mol. The Hall–Kier alpha value is -1.86. The van der Waals surface area contributed by atoms with Crippen molar-refractivity contribution in [2.75, 3.05) is 0 Å². The molecule has 4 heteroatoms. The number of ether oxygens (including phenoxy) is 1. The van der Waals surface area contributed by atoms with Crippen molar-refractivity contribution in [1.82, 2.24) is 4.98 Å². The van der Waals surface area contributed by atoms with E-state index in [2.05, 4.69) is 31.0 Å². The molecular formula is C14H14N2OS. The molecule has 0 saturated carbocycles. The van der Waals surface area contributed by atoms with Crippen LogP contribution in [0.4, 0.5) is 0 Å². The van der Waals surface area contributed by atoms with E-state index in [0.29, 0.717) is 11.5 Å². The Balaban J connectivity index is 2.13. The van der Waals surface area contributed by atoms with Crippen molar-refractivity contribution in [3.05, 3.63) is 44.9 Å². The summed E-state index contributed by atoms with van der Waals surface area (Å²) in [6.07, 6.45) is 1.58. The van der Waals surface area contributed by atoms with Crippen LogP contribution in [0.15, 0.2) is 18.3 Å². The molecule has 0 atom stereocenters. The van der Waals surface area contributed by atoms with Crippen LogP contribution in [0, 0.1) is 32.1 Å². The summed E-state index contributed by atoms with van der Waals surface area (Å²) in [5, 5.41) is 9.56. The number of thiazole rings is 1. The standard InChI is InChI=1S/C14H14N2OS/c1-9-4-10(2)11(3)13(5-9)17-8-14-16-7-12(6-15)18-14/h4-5,7H,8H2,1-3H3. The minimum Gasteiger partial charge on any atom is -0.486 e. The topological polar surface area (TPSA) is 45.9 Å². The minimum absolute atomic E-state index is 0.413. The summed E-state index contributed by atoms with van der Waals surface area (Å²) in [7, 11) is 0. The van der Waals surface area contributed by atoms with Crippen LogP contribution in [-0.4, -0.2) is 4.98 Å². The molecule has 18 heavy (non-hydrogen) atoms. The van der Waals surface area contributed by atoms with Gasteiger partial charge in [0.2, 0.25) is 0 Å². The van der Waals surface area contributed by atoms with Crippen molar-refractivity contribution in [2.24, 2.45) is 0 Å². The fourth-order valence-corrected chi connectivity index (χ4v) is 2.35. The fourth-order valence-electron chi connectivity index (χ4n) is 1.72. The molecule has 0 aliphatic rings. The van der Waals surface area contributed by atoms with Crippen LogP contribution in [0.25, 0.3) is 0 Å². The highest BCUT2D eigenvalue weighted by Crippen LogP contribution is 2.24. The van der Waals surface area contributed by atoms with Crippen molar-refractivity contribution < 1.29 is 4.74 Å². The van der Waals surface area contributed by atoms with Crippen molar-refractivity contribution in [1.29, 1.82) is 5.26 Å². The Morgan fingerprint density at radius 2 is 2.11 bits per heavy atom. The monoisotopic (exact) mass is 258 g/mol. The van der Waals surface area contributed by atoms with Gasteiger partial charge in [-0.2, -0.15) is 5.26 Å². The van der Waals surface area contributed by atoms with E-state index in [0.717, 1.165) is 16.3 Å². The van der Waals surface area contributed by atoms with Gasteiger partial charge in [-0.3, -0.25) is 0 Å². The molecule has 1 heterocycles. The Labute approximate surface area is 111 Å². The lowest BCUT2D eigenvalue weighted by Crippen LogP contribution is -1.98. The summed E-state index contributed by atoms with van der Waals surface area (Å²) in [5.41, 5.74) is 3.56. The molecule has 3 nitrogen and oxygen atoms in total. The third kappa shape index (κ3) is 2.69. The first kappa shape index (κ1) is 12.6. The highest BCUT2D eigenvalue weighted by atomic mass is 32.1. The number of benzene rings is 1. The Kier molecular flexibility index (Phi) is 3.63. The quantitative estimate of drug-likeness (QED) is 0.846. The fraction of sp³-hybridized carbons (Fsp3) is 0.286. The van der Waals surface area contributed by atoms with Crippen molar-refractivity contribution in [3.63, 3.8) is 0 Å². The van der Waals surface area contributed by atoms with E-state index in [9.17, 15) is 0 Å². The lowest BCUT2D eigenvalue weighted by molar-refractivity contribution is 0.303. The average molecular weight is 258 g/mol. The Morgan fingerprint density at radius 1 is 1.33 bits per heavy atom. The van der Waals surface area contributed by atoms with Gasteiger partial charge in [0.05, 0.1) is 6.20 Å². The second kappa shape index (κ2) is 5.19. The summed E-state index contributed by atoms with van der Waals surface area (Å²) < 4.78 is 5.78. The normalized spacial score (nSPS) is 10.1. The van der Waals surface area contributed by atoms with Crippen LogP contribution in [0.3, 0.4) is 0 Å². The van der Waals surface area contributed by atoms with Gasteiger partial charge in [-0.15, -0.1) is 11.3 Å². The molecule has 0 unspecified atom stereocenters. The highest BCUT2D eigenvalue weighted by Gasteiger charge is 2.06. The van der Waals surface area contributed by atoms with E-state index in [1.165, 1.54) is 22.5 Å². The number of nitriles is 1. The maximum atomic E-state index is 8.73. The molecular weight excluding hydrogens is 244 g/mol. The molecule has 0 saturated heterocycles. The predicted octanol–water partition coefficient (Wildman–Crippen LogP) is 3.52. The second-order valence-corrected chi connectivity index (χ2v) is 5.34. The van der Waals surface area contributed by atoms with E-state index in [1.807, 2.05) is 13.0 Å². The molecule has 0 N–H and O–H groups in total. The summed E-state index contributed by atoms with van der Waals surface area (Å²) in [5.74, 6) is 0.890. The molecule has 1 aromatic carbocycles. The van der Waals surface area contributed by atoms with Crippen LogP contribution in [0.1, 0.15) is 26.6 Å². The number of hydrogen-bond acceptors (Lipinski definition) is 4. The lowest BCUT2D eigenvalue weighted by atomic mass is 10.1. The summed E-state index contributed by atoms with van der Waals surface area (Å²) in [4.78, 5) is 4.76. The first-order valence-corrected chi connectivity index (χ1v) is 6.47. The maximum Gasteiger partial charge on any atom is 0.140 e. The van der Waals surface area contributed by atoms with Crippen LogP contribution in [-0.2, 0) is 6.61 Å². The summed E-state index contributed by atoms with van der Waals surface area (Å²) >= 11 is 1.37. The number of aryl methyl sites for hydroxylation is 2. The molecule has 2 aromatic rings. The van der Waals surface area contributed by atoms with Crippen molar-refractivity contribution in [2.45, 2.75) is 27.4 Å². The minimum atomic E-state index is 0.413. The molecule has 92 valence electrons. The molecule has 0 radical (unpaired) electrons. The van der Waals surface area contributed by atoms with E-state index >= 15 is 0 Å². The number of rotatable bonds is 3. The van der Waals surface area contributed by atoms with Gasteiger partial charge < -0.3 is 4.74 Å². The van der Waals surface area contributed by atoms with E-state index < -0.39 is 0 Å². The van der Waals surface area contributed by atoms with Gasteiger partial charge in [0.15, 0.2) is 0 Å². The zero-order valence-electron chi connectivity index (χ0n) is 10.7. The van der Waals surface area contributed by atoms with Crippen LogP contribution in [0.5, 0.6) is 5.75 Å².